The average Bonchev–Trinajstić information content (AvgIpc) is 2.73. The van der Waals surface area contributed by atoms with Gasteiger partial charge in [-0.2, -0.15) is 0 Å². The summed E-state index contributed by atoms with van der Waals surface area (Å²) in [6.45, 7) is 1.45. The van der Waals surface area contributed by atoms with Gasteiger partial charge in [-0.25, -0.2) is 4.79 Å². The first-order valence-corrected chi connectivity index (χ1v) is 9.95. The van der Waals surface area contributed by atoms with Crippen LogP contribution in [0.1, 0.15) is 17.3 Å². The van der Waals surface area contributed by atoms with Gasteiger partial charge in [0.05, 0.1) is 15.4 Å². The number of nitrogens with zero attached hydrogens (tertiary/aromatic N) is 1. The average molecular weight is 410 g/mol. The van der Waals surface area contributed by atoms with Gasteiger partial charge in [0.25, 0.3) is 11.6 Å². The Morgan fingerprint density at radius 2 is 1.83 bits per heavy atom. The van der Waals surface area contributed by atoms with E-state index in [1.54, 1.807) is 12.3 Å². The Labute approximate surface area is 171 Å². The maximum Gasteiger partial charge on any atom is 0.339 e. The minimum atomic E-state index is -1.08. The largest absolute Gasteiger partial charge is 0.449 e. The van der Waals surface area contributed by atoms with Crippen molar-refractivity contribution in [3.8, 4) is 0 Å². The summed E-state index contributed by atoms with van der Waals surface area (Å²) in [6.07, 6.45) is 0.626. The number of nitro groups is 1. The molecule has 0 fully saturated rings. The lowest BCUT2D eigenvalue weighted by Crippen LogP contribution is -2.30. The van der Waals surface area contributed by atoms with Gasteiger partial charge in [-0.3, -0.25) is 14.9 Å². The number of rotatable bonds is 6. The first-order valence-electron chi connectivity index (χ1n) is 8.72. The van der Waals surface area contributed by atoms with Gasteiger partial charge in [-0.05, 0) is 36.8 Å². The number of benzene rings is 3. The number of carbonyl (C=O) groups excluding carboxylic acids is 2. The number of fused-ring (bicyclic) bond motifs is 1. The van der Waals surface area contributed by atoms with Crippen LogP contribution in [0.25, 0.3) is 10.8 Å². The molecule has 8 heteroatoms. The van der Waals surface area contributed by atoms with Crippen LogP contribution < -0.4 is 5.32 Å². The second kappa shape index (κ2) is 8.74. The molecule has 1 amide bonds. The summed E-state index contributed by atoms with van der Waals surface area (Å²) in [7, 11) is 0. The Hall–Kier alpha value is -3.39. The number of thioether (sulfide) groups is 1. The Kier molecular flexibility index (Phi) is 6.13. The molecule has 0 aliphatic rings. The Balaban J connectivity index is 1.73. The van der Waals surface area contributed by atoms with Crippen molar-refractivity contribution in [2.75, 3.05) is 11.6 Å². The van der Waals surface area contributed by atoms with Crippen LogP contribution in [0.15, 0.2) is 65.6 Å². The lowest BCUT2D eigenvalue weighted by molar-refractivity contribution is -0.387. The molecule has 0 spiro atoms. The molecule has 3 aromatic rings. The molecule has 0 aliphatic carbocycles. The number of ether oxygens (including phenoxy) is 1. The molecule has 1 N–H and O–H groups in total. The second-order valence-corrected chi connectivity index (χ2v) is 7.06. The lowest BCUT2D eigenvalue weighted by Gasteiger charge is -2.15. The van der Waals surface area contributed by atoms with Gasteiger partial charge in [-0.1, -0.05) is 36.4 Å². The van der Waals surface area contributed by atoms with E-state index in [9.17, 15) is 19.7 Å². The van der Waals surface area contributed by atoms with Crippen LogP contribution in [0.2, 0.25) is 0 Å². The number of esters is 1. The van der Waals surface area contributed by atoms with Crippen molar-refractivity contribution in [2.45, 2.75) is 17.9 Å². The van der Waals surface area contributed by atoms with Crippen molar-refractivity contribution < 1.29 is 19.2 Å². The third-order valence-electron chi connectivity index (χ3n) is 4.31. The third kappa shape index (κ3) is 4.55. The molecule has 148 valence electrons. The number of nitrogens with one attached hydrogen (secondary N) is 1. The first-order chi connectivity index (χ1) is 13.9. The van der Waals surface area contributed by atoms with Crippen LogP contribution in [0, 0.1) is 10.1 Å². The summed E-state index contributed by atoms with van der Waals surface area (Å²) in [4.78, 5) is 35.9. The zero-order valence-electron chi connectivity index (χ0n) is 15.7. The number of nitro benzene ring substituents is 1. The SMILES string of the molecule is CSc1ccc(C(=O)O[C@@H](C)C(=O)Nc2cccc3ccccc23)cc1[N+](=O)[O-]. The monoisotopic (exact) mass is 410 g/mol. The Morgan fingerprint density at radius 1 is 1.10 bits per heavy atom. The molecule has 0 radical (unpaired) electrons. The highest BCUT2D eigenvalue weighted by atomic mass is 32.2. The topological polar surface area (TPSA) is 98.5 Å². The molecule has 29 heavy (non-hydrogen) atoms. The van der Waals surface area contributed by atoms with Gasteiger partial charge < -0.3 is 10.1 Å². The van der Waals surface area contributed by atoms with Crippen LogP contribution in [0.5, 0.6) is 0 Å². The smallest absolute Gasteiger partial charge is 0.339 e. The first kappa shape index (κ1) is 20.3. The minimum absolute atomic E-state index is 0.0133. The van der Waals surface area contributed by atoms with Crippen molar-refractivity contribution in [1.82, 2.24) is 0 Å². The van der Waals surface area contributed by atoms with Crippen molar-refractivity contribution in [3.63, 3.8) is 0 Å². The number of hydrogen-bond donors (Lipinski definition) is 1. The van der Waals surface area contributed by atoms with Gasteiger partial charge in [0.15, 0.2) is 6.10 Å². The third-order valence-corrected chi connectivity index (χ3v) is 5.10. The molecule has 1 atom stereocenters. The highest BCUT2D eigenvalue weighted by Gasteiger charge is 2.22. The van der Waals surface area contributed by atoms with Crippen LogP contribution in [-0.4, -0.2) is 29.2 Å². The van der Waals surface area contributed by atoms with E-state index in [1.807, 2.05) is 36.4 Å². The van der Waals surface area contributed by atoms with Crippen molar-refractivity contribution in [3.05, 3.63) is 76.3 Å². The molecule has 0 bridgehead atoms. The van der Waals surface area contributed by atoms with Crippen LogP contribution in [-0.2, 0) is 9.53 Å². The van der Waals surface area contributed by atoms with Gasteiger partial charge in [0.2, 0.25) is 0 Å². The fraction of sp³-hybridized carbons (Fsp3) is 0.143. The number of hydrogen-bond acceptors (Lipinski definition) is 6. The van der Waals surface area contributed by atoms with E-state index >= 15 is 0 Å². The summed E-state index contributed by atoms with van der Waals surface area (Å²) >= 11 is 1.21. The summed E-state index contributed by atoms with van der Waals surface area (Å²) < 4.78 is 5.21. The van der Waals surface area contributed by atoms with E-state index in [4.69, 9.17) is 4.74 Å². The van der Waals surface area contributed by atoms with Crippen LogP contribution in [0.4, 0.5) is 11.4 Å². The zero-order chi connectivity index (χ0) is 21.0. The summed E-state index contributed by atoms with van der Waals surface area (Å²) in [5, 5.41) is 15.8. The Bertz CT molecular complexity index is 1090. The summed E-state index contributed by atoms with van der Waals surface area (Å²) in [6, 6.07) is 17.2. The fourth-order valence-corrected chi connectivity index (χ4v) is 3.36. The van der Waals surface area contributed by atoms with Crippen LogP contribution >= 0.6 is 11.8 Å². The molecule has 0 saturated carbocycles. The maximum absolute atomic E-state index is 12.5. The normalized spacial score (nSPS) is 11.7. The number of anilines is 1. The van der Waals surface area contributed by atoms with Gasteiger partial charge in [-0.15, -0.1) is 11.8 Å². The van der Waals surface area contributed by atoms with E-state index < -0.39 is 22.9 Å². The molecule has 0 aliphatic heterocycles. The molecular formula is C21H18N2O5S. The number of amides is 1. The van der Waals surface area contributed by atoms with Crippen molar-refractivity contribution in [1.29, 1.82) is 0 Å². The molecule has 7 nitrogen and oxygen atoms in total. The zero-order valence-corrected chi connectivity index (χ0v) is 16.6. The summed E-state index contributed by atoms with van der Waals surface area (Å²) in [5.41, 5.74) is 0.440. The molecule has 3 rings (SSSR count). The lowest BCUT2D eigenvalue weighted by atomic mass is 10.1. The van der Waals surface area contributed by atoms with E-state index in [0.717, 1.165) is 16.8 Å². The van der Waals surface area contributed by atoms with E-state index in [1.165, 1.54) is 30.8 Å². The minimum Gasteiger partial charge on any atom is -0.449 e. The van der Waals surface area contributed by atoms with Crippen molar-refractivity contribution >= 4 is 45.8 Å². The quantitative estimate of drug-likeness (QED) is 0.275. The fourth-order valence-electron chi connectivity index (χ4n) is 2.81. The molecule has 3 aromatic carbocycles. The van der Waals surface area contributed by atoms with Gasteiger partial charge >= 0.3 is 5.97 Å². The van der Waals surface area contributed by atoms with E-state index in [-0.39, 0.29) is 11.3 Å². The predicted molar refractivity (Wildman–Crippen MR) is 112 cm³/mol. The highest BCUT2D eigenvalue weighted by molar-refractivity contribution is 7.98. The standard InChI is InChI=1S/C21H18N2O5S/c1-13(20(24)22-17-9-5-7-14-6-3-4-8-16(14)17)28-21(25)15-10-11-19(29-2)18(12-15)23(26)27/h3-13H,1-2H3,(H,22,24)/t13-/m0/s1. The summed E-state index contributed by atoms with van der Waals surface area (Å²) in [5.74, 6) is -1.30. The maximum atomic E-state index is 12.5. The van der Waals surface area contributed by atoms with E-state index in [0.29, 0.717) is 10.6 Å². The van der Waals surface area contributed by atoms with Gasteiger partial charge in [0.1, 0.15) is 0 Å². The molecule has 0 saturated heterocycles. The predicted octanol–water partition coefficient (Wildman–Crippen LogP) is 4.65. The van der Waals surface area contributed by atoms with E-state index in [2.05, 4.69) is 5.32 Å². The van der Waals surface area contributed by atoms with Crippen LogP contribution in [0.3, 0.4) is 0 Å². The highest BCUT2D eigenvalue weighted by Crippen LogP contribution is 2.29. The van der Waals surface area contributed by atoms with Crippen molar-refractivity contribution in [2.24, 2.45) is 0 Å². The second-order valence-electron chi connectivity index (χ2n) is 6.21. The molecule has 0 heterocycles. The molecule has 0 unspecified atom stereocenters. The Morgan fingerprint density at radius 3 is 2.55 bits per heavy atom. The molecular weight excluding hydrogens is 392 g/mol. The van der Waals surface area contributed by atoms with Gasteiger partial charge in [0, 0.05) is 17.1 Å². The molecule has 0 aromatic heterocycles. The number of carbonyl (C=O) groups is 2.